The molecule has 1 aliphatic heterocycles. The quantitative estimate of drug-likeness (QED) is 0.808. The fraction of sp³-hybridized carbons (Fsp3) is 0.500. The molecule has 0 saturated carbocycles. The number of hydrogen-bond donors (Lipinski definition) is 1. The molecule has 3 rings (SSSR count). The number of benzene rings is 1. The third-order valence-corrected chi connectivity index (χ3v) is 5.87. The van der Waals surface area contributed by atoms with Gasteiger partial charge in [0.25, 0.3) is 0 Å². The van der Waals surface area contributed by atoms with E-state index in [1.165, 1.54) is 18.6 Å². The summed E-state index contributed by atoms with van der Waals surface area (Å²) in [6, 6.07) is 6.49. The largest absolute Gasteiger partial charge is 0.342 e. The maximum absolute atomic E-state index is 13.0. The number of nitrogens with zero attached hydrogens (tertiary/aromatic N) is 2. The van der Waals surface area contributed by atoms with Crippen LogP contribution < -0.4 is 5.32 Å². The second kappa shape index (κ2) is 9.24. The zero-order valence-corrected chi connectivity index (χ0v) is 16.0. The first kappa shape index (κ1) is 19.0. The van der Waals surface area contributed by atoms with Crippen molar-refractivity contribution in [1.82, 2.24) is 15.2 Å². The van der Waals surface area contributed by atoms with Crippen LogP contribution in [0.15, 0.2) is 29.6 Å². The smallest absolute Gasteiger partial charge is 0.228 e. The second-order valence-corrected chi connectivity index (χ2v) is 7.87. The van der Waals surface area contributed by atoms with E-state index < -0.39 is 0 Å². The number of thiazole rings is 1. The number of likely N-dealkylation sites (tertiary alicyclic amines) is 1. The van der Waals surface area contributed by atoms with Gasteiger partial charge >= 0.3 is 0 Å². The summed E-state index contributed by atoms with van der Waals surface area (Å²) >= 11 is 1.56. The van der Waals surface area contributed by atoms with Gasteiger partial charge < -0.3 is 10.2 Å². The van der Waals surface area contributed by atoms with Gasteiger partial charge in [-0.25, -0.2) is 9.37 Å². The van der Waals surface area contributed by atoms with Crippen LogP contribution in [0.25, 0.3) is 0 Å². The number of carbonyl (C=O) groups excluding carboxylic acids is 1. The molecule has 0 aliphatic carbocycles. The number of rotatable bonds is 7. The SMILES string of the molecule is CNCCC1CCN(C(=O)Cc2csc(Cc3ccc(F)cc3)n2)CC1. The Hall–Kier alpha value is -1.79. The molecule has 1 aromatic heterocycles. The maximum Gasteiger partial charge on any atom is 0.228 e. The van der Waals surface area contributed by atoms with Crippen LogP contribution >= 0.6 is 11.3 Å². The molecule has 1 N–H and O–H groups in total. The van der Waals surface area contributed by atoms with Crippen LogP contribution in [-0.4, -0.2) is 42.5 Å². The summed E-state index contributed by atoms with van der Waals surface area (Å²) in [7, 11) is 1.98. The zero-order valence-electron chi connectivity index (χ0n) is 15.2. The third-order valence-electron chi connectivity index (χ3n) is 4.97. The highest BCUT2D eigenvalue weighted by atomic mass is 32.1. The van der Waals surface area contributed by atoms with Crippen molar-refractivity contribution in [2.45, 2.75) is 32.1 Å². The van der Waals surface area contributed by atoms with Crippen LogP contribution in [0, 0.1) is 11.7 Å². The van der Waals surface area contributed by atoms with E-state index >= 15 is 0 Å². The summed E-state index contributed by atoms with van der Waals surface area (Å²) in [5.41, 5.74) is 1.87. The van der Waals surface area contributed by atoms with E-state index in [0.717, 1.165) is 54.7 Å². The van der Waals surface area contributed by atoms with Crippen LogP contribution in [0.1, 0.15) is 35.5 Å². The van der Waals surface area contributed by atoms with Gasteiger partial charge in [0.1, 0.15) is 5.82 Å². The van der Waals surface area contributed by atoms with Crippen molar-refractivity contribution in [2.24, 2.45) is 5.92 Å². The van der Waals surface area contributed by atoms with E-state index in [-0.39, 0.29) is 11.7 Å². The average Bonchev–Trinajstić information content (AvgIpc) is 3.09. The zero-order chi connectivity index (χ0) is 18.4. The molecule has 1 amide bonds. The highest BCUT2D eigenvalue weighted by Crippen LogP contribution is 2.21. The Kier molecular flexibility index (Phi) is 6.74. The number of nitrogens with one attached hydrogen (secondary N) is 1. The van der Waals surface area contributed by atoms with Gasteiger partial charge in [0.15, 0.2) is 0 Å². The first-order valence-electron chi connectivity index (χ1n) is 9.24. The van der Waals surface area contributed by atoms with Crippen molar-refractivity contribution in [1.29, 1.82) is 0 Å². The monoisotopic (exact) mass is 375 g/mol. The molecule has 1 saturated heterocycles. The molecule has 0 radical (unpaired) electrons. The average molecular weight is 376 g/mol. The minimum atomic E-state index is -0.228. The van der Waals surface area contributed by atoms with Crippen molar-refractivity contribution < 1.29 is 9.18 Å². The summed E-state index contributed by atoms with van der Waals surface area (Å²) in [4.78, 5) is 19.1. The molecule has 0 unspecified atom stereocenters. The number of hydrogen-bond acceptors (Lipinski definition) is 4. The fourth-order valence-electron chi connectivity index (χ4n) is 3.37. The number of amides is 1. The summed E-state index contributed by atoms with van der Waals surface area (Å²) in [5, 5.41) is 6.13. The van der Waals surface area contributed by atoms with Crippen LogP contribution in [0.5, 0.6) is 0 Å². The van der Waals surface area contributed by atoms with E-state index in [0.29, 0.717) is 12.8 Å². The Bertz CT molecular complexity index is 708. The van der Waals surface area contributed by atoms with Crippen molar-refractivity contribution in [2.75, 3.05) is 26.7 Å². The minimum Gasteiger partial charge on any atom is -0.342 e. The predicted molar refractivity (Wildman–Crippen MR) is 103 cm³/mol. The normalized spacial score (nSPS) is 15.4. The lowest BCUT2D eigenvalue weighted by Crippen LogP contribution is -2.39. The minimum absolute atomic E-state index is 0.177. The van der Waals surface area contributed by atoms with Crippen LogP contribution in [0.4, 0.5) is 4.39 Å². The van der Waals surface area contributed by atoms with E-state index in [1.54, 1.807) is 23.5 Å². The summed E-state index contributed by atoms with van der Waals surface area (Å²) < 4.78 is 13.0. The van der Waals surface area contributed by atoms with E-state index in [1.807, 2.05) is 17.3 Å². The molecule has 140 valence electrons. The number of piperidine rings is 1. The van der Waals surface area contributed by atoms with E-state index in [4.69, 9.17) is 0 Å². The standard InChI is InChI=1S/C20H26FN3OS/c1-22-9-6-15-7-10-24(11-8-15)20(25)13-18-14-26-19(23-18)12-16-2-4-17(21)5-3-16/h2-5,14-15,22H,6-13H2,1H3. The van der Waals surface area contributed by atoms with Crippen molar-refractivity contribution in [3.05, 3.63) is 51.7 Å². The predicted octanol–water partition coefficient (Wildman–Crippen LogP) is 3.26. The molecular weight excluding hydrogens is 349 g/mol. The molecule has 1 aromatic carbocycles. The van der Waals surface area contributed by atoms with Gasteiger partial charge in [-0.15, -0.1) is 11.3 Å². The lowest BCUT2D eigenvalue weighted by Gasteiger charge is -2.32. The topological polar surface area (TPSA) is 45.2 Å². The second-order valence-electron chi connectivity index (χ2n) is 6.93. The molecule has 1 fully saturated rings. The molecular formula is C20H26FN3OS. The van der Waals surface area contributed by atoms with Gasteiger partial charge in [-0.2, -0.15) is 0 Å². The molecule has 0 spiro atoms. The number of halogens is 1. The van der Waals surface area contributed by atoms with Crippen molar-refractivity contribution >= 4 is 17.2 Å². The molecule has 26 heavy (non-hydrogen) atoms. The third kappa shape index (κ3) is 5.35. The van der Waals surface area contributed by atoms with Crippen LogP contribution in [0.2, 0.25) is 0 Å². The van der Waals surface area contributed by atoms with E-state index in [9.17, 15) is 9.18 Å². The Labute approximate surface area is 158 Å². The van der Waals surface area contributed by atoms with E-state index in [2.05, 4.69) is 10.3 Å². The Morgan fingerprint density at radius 1 is 1.31 bits per heavy atom. The highest BCUT2D eigenvalue weighted by Gasteiger charge is 2.23. The Morgan fingerprint density at radius 2 is 2.04 bits per heavy atom. The molecule has 2 heterocycles. The van der Waals surface area contributed by atoms with Crippen LogP contribution in [-0.2, 0) is 17.6 Å². The summed E-state index contributed by atoms with van der Waals surface area (Å²) in [6.07, 6.45) is 4.44. The van der Waals surface area contributed by atoms with Gasteiger partial charge in [0.05, 0.1) is 17.1 Å². The number of aromatic nitrogens is 1. The first-order valence-corrected chi connectivity index (χ1v) is 10.1. The summed E-state index contributed by atoms with van der Waals surface area (Å²) in [6.45, 7) is 2.77. The van der Waals surface area contributed by atoms with Gasteiger partial charge in [-0.3, -0.25) is 4.79 Å². The van der Waals surface area contributed by atoms with Crippen LogP contribution in [0.3, 0.4) is 0 Å². The van der Waals surface area contributed by atoms with Crippen molar-refractivity contribution in [3.63, 3.8) is 0 Å². The highest BCUT2D eigenvalue weighted by molar-refractivity contribution is 7.09. The molecule has 4 nitrogen and oxygen atoms in total. The lowest BCUT2D eigenvalue weighted by molar-refractivity contribution is -0.131. The maximum atomic E-state index is 13.0. The molecule has 0 bridgehead atoms. The summed E-state index contributed by atoms with van der Waals surface area (Å²) in [5.74, 6) is 0.678. The fourth-order valence-corrected chi connectivity index (χ4v) is 4.20. The van der Waals surface area contributed by atoms with Crippen molar-refractivity contribution in [3.8, 4) is 0 Å². The van der Waals surface area contributed by atoms with Gasteiger partial charge in [-0.05, 0) is 56.5 Å². The number of carbonyl (C=O) groups is 1. The molecule has 0 atom stereocenters. The van der Waals surface area contributed by atoms with Gasteiger partial charge in [0.2, 0.25) is 5.91 Å². The first-order chi connectivity index (χ1) is 12.6. The Balaban J connectivity index is 1.48. The molecule has 2 aromatic rings. The Morgan fingerprint density at radius 3 is 2.73 bits per heavy atom. The lowest BCUT2D eigenvalue weighted by atomic mass is 9.93. The van der Waals surface area contributed by atoms with Gasteiger partial charge in [0, 0.05) is 24.9 Å². The molecule has 6 heteroatoms. The van der Waals surface area contributed by atoms with Gasteiger partial charge in [-0.1, -0.05) is 12.1 Å². The molecule has 1 aliphatic rings.